The topological polar surface area (TPSA) is 102 Å². The van der Waals surface area contributed by atoms with E-state index in [1.807, 2.05) is 0 Å². The van der Waals surface area contributed by atoms with Crippen molar-refractivity contribution in [3.05, 3.63) is 99.4 Å². The number of thioether (sulfide) groups is 1. The molecule has 1 saturated heterocycles. The van der Waals surface area contributed by atoms with Crippen molar-refractivity contribution < 1.29 is 28.7 Å². The molecule has 8 nitrogen and oxygen atoms in total. The summed E-state index contributed by atoms with van der Waals surface area (Å²) in [6.07, 6.45) is 1.58. The predicted octanol–water partition coefficient (Wildman–Crippen LogP) is 5.38. The van der Waals surface area contributed by atoms with Crippen molar-refractivity contribution in [2.24, 2.45) is 0 Å². The van der Waals surface area contributed by atoms with Crippen LogP contribution in [0, 0.1) is 0 Å². The molecule has 3 amide bonds. The molecular formula is C27H21ClN2O6S. The van der Waals surface area contributed by atoms with Crippen LogP contribution in [0.3, 0.4) is 0 Å². The molecule has 0 atom stereocenters. The minimum absolute atomic E-state index is 0.208. The molecule has 0 spiro atoms. The molecule has 37 heavy (non-hydrogen) atoms. The highest BCUT2D eigenvalue weighted by Crippen LogP contribution is 2.32. The summed E-state index contributed by atoms with van der Waals surface area (Å²) < 4.78 is 10.5. The van der Waals surface area contributed by atoms with Crippen LogP contribution in [0.4, 0.5) is 10.5 Å². The highest BCUT2D eigenvalue weighted by atomic mass is 35.5. The zero-order chi connectivity index (χ0) is 26.4. The third kappa shape index (κ3) is 6.78. The second-order valence-electron chi connectivity index (χ2n) is 7.87. The third-order valence-electron chi connectivity index (χ3n) is 5.24. The van der Waals surface area contributed by atoms with Crippen molar-refractivity contribution in [1.82, 2.24) is 4.90 Å². The summed E-state index contributed by atoms with van der Waals surface area (Å²) in [4.78, 5) is 50.2. The number of hydrogen-bond acceptors (Lipinski definition) is 7. The van der Waals surface area contributed by atoms with Crippen LogP contribution < -0.4 is 10.1 Å². The van der Waals surface area contributed by atoms with E-state index in [4.69, 9.17) is 21.1 Å². The monoisotopic (exact) mass is 536 g/mol. The number of nitrogens with one attached hydrogen (secondary N) is 1. The van der Waals surface area contributed by atoms with E-state index in [1.54, 1.807) is 78.9 Å². The van der Waals surface area contributed by atoms with Gasteiger partial charge in [0.25, 0.3) is 11.1 Å². The summed E-state index contributed by atoms with van der Waals surface area (Å²) in [7, 11) is 1.33. The average Bonchev–Trinajstić information content (AvgIpc) is 3.16. The Morgan fingerprint density at radius 2 is 1.76 bits per heavy atom. The Kier molecular flexibility index (Phi) is 8.27. The van der Waals surface area contributed by atoms with Crippen molar-refractivity contribution in [1.29, 1.82) is 0 Å². The van der Waals surface area contributed by atoms with Gasteiger partial charge in [0.05, 0.1) is 17.6 Å². The van der Waals surface area contributed by atoms with Gasteiger partial charge >= 0.3 is 5.97 Å². The number of amides is 3. The second-order valence-corrected chi connectivity index (χ2v) is 9.30. The number of esters is 1. The molecule has 10 heteroatoms. The van der Waals surface area contributed by atoms with Crippen LogP contribution in [0.1, 0.15) is 21.5 Å². The molecule has 3 aromatic carbocycles. The Bertz CT molecular complexity index is 1370. The number of carbonyl (C=O) groups is 4. The van der Waals surface area contributed by atoms with Gasteiger partial charge in [-0.15, -0.1) is 0 Å². The van der Waals surface area contributed by atoms with Gasteiger partial charge in [-0.1, -0.05) is 35.9 Å². The number of ether oxygens (including phenoxy) is 2. The number of imide groups is 1. The summed E-state index contributed by atoms with van der Waals surface area (Å²) in [6.45, 7) is -0.132. The molecule has 188 valence electrons. The number of carbonyl (C=O) groups excluding carboxylic acids is 4. The first-order valence-corrected chi connectivity index (χ1v) is 12.2. The lowest BCUT2D eigenvalue weighted by Gasteiger charge is -2.12. The largest absolute Gasteiger partial charge is 0.489 e. The van der Waals surface area contributed by atoms with Crippen molar-refractivity contribution >= 4 is 58.1 Å². The van der Waals surface area contributed by atoms with Gasteiger partial charge in [-0.3, -0.25) is 19.3 Å². The van der Waals surface area contributed by atoms with E-state index >= 15 is 0 Å². The maximum atomic E-state index is 12.8. The van der Waals surface area contributed by atoms with Crippen molar-refractivity contribution in [2.45, 2.75) is 6.61 Å². The first-order chi connectivity index (χ1) is 17.8. The van der Waals surface area contributed by atoms with Crippen molar-refractivity contribution in [3.8, 4) is 5.75 Å². The Balaban J connectivity index is 1.37. The lowest BCUT2D eigenvalue weighted by atomic mass is 10.1. The summed E-state index contributed by atoms with van der Waals surface area (Å²) in [5, 5.41) is 2.64. The maximum Gasteiger partial charge on any atom is 0.337 e. The standard InChI is InChI=1S/C27H21ClN2O6S/c1-35-26(33)19-7-5-17(6-8-19)16-36-22-4-2-3-18(13-22)14-23-25(32)30(27(34)37-23)15-24(31)29-21-11-9-20(28)10-12-21/h2-14H,15-16H2,1H3,(H,29,31). The minimum Gasteiger partial charge on any atom is -0.489 e. The Morgan fingerprint density at radius 3 is 2.46 bits per heavy atom. The molecule has 1 aliphatic rings. The number of hydrogen-bond donors (Lipinski definition) is 1. The second kappa shape index (κ2) is 11.8. The molecule has 0 saturated carbocycles. The quantitative estimate of drug-likeness (QED) is 0.304. The third-order valence-corrected chi connectivity index (χ3v) is 6.40. The van der Waals surface area contributed by atoms with Crippen LogP contribution in [0.25, 0.3) is 6.08 Å². The maximum absolute atomic E-state index is 12.8. The first kappa shape index (κ1) is 26.0. The number of benzene rings is 3. The Labute approximate surface area is 222 Å². The molecule has 1 N–H and O–H groups in total. The van der Waals surface area contributed by atoms with Gasteiger partial charge in [0.2, 0.25) is 5.91 Å². The number of halogens is 1. The summed E-state index contributed by atoms with van der Waals surface area (Å²) in [6, 6.07) is 20.4. The van der Waals surface area contributed by atoms with Crippen LogP contribution in [0.2, 0.25) is 5.02 Å². The summed E-state index contributed by atoms with van der Waals surface area (Å²) in [5.74, 6) is -0.890. The van der Waals surface area contributed by atoms with Gasteiger partial charge in [0, 0.05) is 10.7 Å². The van der Waals surface area contributed by atoms with Crippen LogP contribution in [-0.2, 0) is 20.9 Å². The van der Waals surface area contributed by atoms with Crippen LogP contribution >= 0.6 is 23.4 Å². The molecule has 0 bridgehead atoms. The molecule has 3 aromatic rings. The zero-order valence-electron chi connectivity index (χ0n) is 19.6. The first-order valence-electron chi connectivity index (χ1n) is 11.0. The van der Waals surface area contributed by atoms with E-state index in [0.29, 0.717) is 27.6 Å². The molecular weight excluding hydrogens is 516 g/mol. The van der Waals surface area contributed by atoms with E-state index in [2.05, 4.69) is 5.32 Å². The molecule has 1 heterocycles. The van der Waals surface area contributed by atoms with E-state index in [-0.39, 0.29) is 11.5 Å². The van der Waals surface area contributed by atoms with E-state index < -0.39 is 29.6 Å². The Hall–Kier alpha value is -4.08. The normalized spacial score (nSPS) is 14.1. The fourth-order valence-electron chi connectivity index (χ4n) is 3.38. The Morgan fingerprint density at radius 1 is 1.03 bits per heavy atom. The fraction of sp³-hybridized carbons (Fsp3) is 0.111. The molecule has 0 unspecified atom stereocenters. The molecule has 1 fully saturated rings. The highest BCUT2D eigenvalue weighted by Gasteiger charge is 2.36. The van der Waals surface area contributed by atoms with E-state index in [1.165, 1.54) is 7.11 Å². The lowest BCUT2D eigenvalue weighted by molar-refractivity contribution is -0.127. The van der Waals surface area contributed by atoms with Gasteiger partial charge in [0.15, 0.2) is 0 Å². The molecule has 0 radical (unpaired) electrons. The van der Waals surface area contributed by atoms with Gasteiger partial charge < -0.3 is 14.8 Å². The molecule has 4 rings (SSSR count). The van der Waals surface area contributed by atoms with Crippen LogP contribution in [0.15, 0.2) is 77.7 Å². The predicted molar refractivity (Wildman–Crippen MR) is 141 cm³/mol. The van der Waals surface area contributed by atoms with Crippen molar-refractivity contribution in [2.75, 3.05) is 19.0 Å². The van der Waals surface area contributed by atoms with Gasteiger partial charge in [0.1, 0.15) is 18.9 Å². The van der Waals surface area contributed by atoms with E-state index in [9.17, 15) is 19.2 Å². The van der Waals surface area contributed by atoms with Crippen molar-refractivity contribution in [3.63, 3.8) is 0 Å². The van der Waals surface area contributed by atoms with Crippen LogP contribution in [0.5, 0.6) is 5.75 Å². The van der Waals surface area contributed by atoms with Gasteiger partial charge in [-0.05, 0) is 77.5 Å². The van der Waals surface area contributed by atoms with E-state index in [0.717, 1.165) is 22.2 Å². The highest BCUT2D eigenvalue weighted by molar-refractivity contribution is 8.18. The number of rotatable bonds is 8. The molecule has 0 aliphatic carbocycles. The number of nitrogens with zero attached hydrogens (tertiary/aromatic N) is 1. The fourth-order valence-corrected chi connectivity index (χ4v) is 4.34. The SMILES string of the molecule is COC(=O)c1ccc(COc2cccc(C=C3SC(=O)N(CC(=O)Nc4ccc(Cl)cc4)C3=O)c2)cc1. The lowest BCUT2D eigenvalue weighted by Crippen LogP contribution is -2.36. The number of anilines is 1. The smallest absolute Gasteiger partial charge is 0.337 e. The zero-order valence-corrected chi connectivity index (χ0v) is 21.2. The number of methoxy groups -OCH3 is 1. The van der Waals surface area contributed by atoms with Gasteiger partial charge in [-0.2, -0.15) is 0 Å². The van der Waals surface area contributed by atoms with Crippen LogP contribution in [-0.4, -0.2) is 41.6 Å². The van der Waals surface area contributed by atoms with Gasteiger partial charge in [-0.25, -0.2) is 4.79 Å². The molecule has 0 aromatic heterocycles. The average molecular weight is 537 g/mol. The summed E-state index contributed by atoms with van der Waals surface area (Å²) >= 11 is 6.61. The summed E-state index contributed by atoms with van der Waals surface area (Å²) in [5.41, 5.74) is 2.48. The molecule has 1 aliphatic heterocycles. The minimum atomic E-state index is -0.543.